The molecule has 0 fully saturated rings. The summed E-state index contributed by atoms with van der Waals surface area (Å²) in [5.41, 5.74) is 2.64. The molecule has 1 N–H and O–H groups in total. The first kappa shape index (κ1) is 13.8. The average molecular weight is 257 g/mol. The summed E-state index contributed by atoms with van der Waals surface area (Å²) in [6, 6.07) is 11.1. The second-order valence-electron chi connectivity index (χ2n) is 5.08. The van der Waals surface area contributed by atoms with E-state index in [4.69, 9.17) is 0 Å². The Balaban J connectivity index is 1.78. The van der Waals surface area contributed by atoms with Gasteiger partial charge in [0.05, 0.1) is 6.20 Å². The van der Waals surface area contributed by atoms with Gasteiger partial charge in [0, 0.05) is 30.9 Å². The standard InChI is InChI=1S/C16H23N3/c1-3-9-19-13-16(12-18-19)11-17-14(2)10-15-7-5-4-6-8-15/h4-8,12-14,17H,3,9-11H2,1-2H3. The monoisotopic (exact) mass is 257 g/mol. The van der Waals surface area contributed by atoms with Crippen LogP contribution < -0.4 is 5.32 Å². The number of rotatable bonds is 7. The van der Waals surface area contributed by atoms with Crippen molar-refractivity contribution in [3.8, 4) is 0 Å². The minimum absolute atomic E-state index is 0.469. The molecule has 1 aromatic carbocycles. The Morgan fingerprint density at radius 2 is 2.00 bits per heavy atom. The average Bonchev–Trinajstić information content (AvgIpc) is 2.86. The van der Waals surface area contributed by atoms with Gasteiger partial charge < -0.3 is 5.32 Å². The lowest BCUT2D eigenvalue weighted by Crippen LogP contribution is -2.27. The van der Waals surface area contributed by atoms with Crippen LogP contribution in [0.5, 0.6) is 0 Å². The Kier molecular flexibility index (Phi) is 5.16. The smallest absolute Gasteiger partial charge is 0.0534 e. The molecule has 0 saturated carbocycles. The Bertz CT molecular complexity index is 476. The number of nitrogens with zero attached hydrogens (tertiary/aromatic N) is 2. The lowest BCUT2D eigenvalue weighted by atomic mass is 10.1. The van der Waals surface area contributed by atoms with E-state index in [-0.39, 0.29) is 0 Å². The van der Waals surface area contributed by atoms with Gasteiger partial charge in [-0.2, -0.15) is 5.10 Å². The van der Waals surface area contributed by atoms with E-state index in [0.29, 0.717) is 6.04 Å². The topological polar surface area (TPSA) is 29.9 Å². The zero-order valence-corrected chi connectivity index (χ0v) is 11.8. The van der Waals surface area contributed by atoms with Crippen molar-refractivity contribution in [3.05, 3.63) is 53.9 Å². The second-order valence-corrected chi connectivity index (χ2v) is 5.08. The molecule has 3 heteroatoms. The highest BCUT2D eigenvalue weighted by molar-refractivity contribution is 5.15. The largest absolute Gasteiger partial charge is 0.310 e. The van der Waals surface area contributed by atoms with Gasteiger partial charge in [-0.1, -0.05) is 37.3 Å². The number of hydrogen-bond donors (Lipinski definition) is 1. The van der Waals surface area contributed by atoms with Crippen molar-refractivity contribution in [1.82, 2.24) is 15.1 Å². The van der Waals surface area contributed by atoms with E-state index >= 15 is 0 Å². The summed E-state index contributed by atoms with van der Waals surface area (Å²) in [7, 11) is 0. The van der Waals surface area contributed by atoms with Crippen LogP contribution in [0.1, 0.15) is 31.4 Å². The zero-order valence-electron chi connectivity index (χ0n) is 11.8. The first-order chi connectivity index (χ1) is 9.28. The maximum Gasteiger partial charge on any atom is 0.0534 e. The number of hydrogen-bond acceptors (Lipinski definition) is 2. The van der Waals surface area contributed by atoms with Crippen molar-refractivity contribution in [1.29, 1.82) is 0 Å². The molecule has 1 atom stereocenters. The first-order valence-electron chi connectivity index (χ1n) is 7.06. The van der Waals surface area contributed by atoms with Crippen LogP contribution in [0.25, 0.3) is 0 Å². The van der Waals surface area contributed by atoms with E-state index < -0.39 is 0 Å². The fourth-order valence-corrected chi connectivity index (χ4v) is 2.18. The summed E-state index contributed by atoms with van der Waals surface area (Å²) in [6.45, 7) is 6.28. The van der Waals surface area contributed by atoms with Gasteiger partial charge in [-0.05, 0) is 25.3 Å². The summed E-state index contributed by atoms with van der Waals surface area (Å²) < 4.78 is 2.01. The third-order valence-corrected chi connectivity index (χ3v) is 3.18. The maximum absolute atomic E-state index is 4.34. The molecule has 0 aliphatic rings. The van der Waals surface area contributed by atoms with Crippen molar-refractivity contribution >= 4 is 0 Å². The zero-order chi connectivity index (χ0) is 13.5. The van der Waals surface area contributed by atoms with Gasteiger partial charge in [-0.25, -0.2) is 0 Å². The molecule has 1 unspecified atom stereocenters. The summed E-state index contributed by atoms with van der Waals surface area (Å²) >= 11 is 0. The lowest BCUT2D eigenvalue weighted by Gasteiger charge is -2.13. The van der Waals surface area contributed by atoms with Gasteiger partial charge in [-0.15, -0.1) is 0 Å². The number of aryl methyl sites for hydroxylation is 1. The summed E-state index contributed by atoms with van der Waals surface area (Å²) in [4.78, 5) is 0. The van der Waals surface area contributed by atoms with Crippen molar-refractivity contribution < 1.29 is 0 Å². The van der Waals surface area contributed by atoms with E-state index in [9.17, 15) is 0 Å². The lowest BCUT2D eigenvalue weighted by molar-refractivity contribution is 0.544. The minimum Gasteiger partial charge on any atom is -0.310 e. The molecule has 0 aliphatic heterocycles. The SMILES string of the molecule is CCCn1cc(CNC(C)Cc2ccccc2)cn1. The predicted octanol–water partition coefficient (Wildman–Crippen LogP) is 3.01. The first-order valence-corrected chi connectivity index (χ1v) is 7.06. The highest BCUT2D eigenvalue weighted by Gasteiger charge is 2.04. The fourth-order valence-electron chi connectivity index (χ4n) is 2.18. The van der Waals surface area contributed by atoms with Crippen LogP contribution >= 0.6 is 0 Å². The quantitative estimate of drug-likeness (QED) is 0.826. The van der Waals surface area contributed by atoms with Crippen molar-refractivity contribution in [2.75, 3.05) is 0 Å². The molecule has 1 heterocycles. The minimum atomic E-state index is 0.469. The molecular weight excluding hydrogens is 234 g/mol. The van der Waals surface area contributed by atoms with E-state index in [2.05, 4.69) is 60.8 Å². The molecule has 3 nitrogen and oxygen atoms in total. The number of benzene rings is 1. The van der Waals surface area contributed by atoms with E-state index in [1.54, 1.807) is 0 Å². The van der Waals surface area contributed by atoms with Crippen LogP contribution in [0.2, 0.25) is 0 Å². The molecular formula is C16H23N3. The van der Waals surface area contributed by atoms with Crippen LogP contribution in [-0.2, 0) is 19.5 Å². The van der Waals surface area contributed by atoms with Gasteiger partial charge in [-0.3, -0.25) is 4.68 Å². The third-order valence-electron chi connectivity index (χ3n) is 3.18. The van der Waals surface area contributed by atoms with E-state index in [1.165, 1.54) is 11.1 Å². The fraction of sp³-hybridized carbons (Fsp3) is 0.438. The Labute approximate surface area is 115 Å². The Morgan fingerprint density at radius 3 is 2.74 bits per heavy atom. The van der Waals surface area contributed by atoms with E-state index in [0.717, 1.165) is 25.9 Å². The highest BCUT2D eigenvalue weighted by Crippen LogP contribution is 2.04. The van der Waals surface area contributed by atoms with Crippen LogP contribution in [0, 0.1) is 0 Å². The van der Waals surface area contributed by atoms with Gasteiger partial charge >= 0.3 is 0 Å². The molecule has 0 saturated heterocycles. The van der Waals surface area contributed by atoms with Crippen molar-refractivity contribution in [2.24, 2.45) is 0 Å². The molecule has 0 amide bonds. The van der Waals surface area contributed by atoms with Gasteiger partial charge in [0.25, 0.3) is 0 Å². The van der Waals surface area contributed by atoms with Crippen LogP contribution in [0.4, 0.5) is 0 Å². The molecule has 2 rings (SSSR count). The summed E-state index contributed by atoms with van der Waals surface area (Å²) in [6.07, 6.45) is 6.27. The molecule has 0 spiro atoms. The molecule has 0 aliphatic carbocycles. The van der Waals surface area contributed by atoms with Crippen LogP contribution in [0.3, 0.4) is 0 Å². The third kappa shape index (κ3) is 4.52. The normalized spacial score (nSPS) is 12.5. The molecule has 2 aromatic rings. The molecule has 102 valence electrons. The molecule has 0 bridgehead atoms. The predicted molar refractivity (Wildman–Crippen MR) is 79.0 cm³/mol. The number of aromatic nitrogens is 2. The summed E-state index contributed by atoms with van der Waals surface area (Å²) in [5.74, 6) is 0. The van der Waals surface area contributed by atoms with E-state index in [1.807, 2.05) is 10.9 Å². The van der Waals surface area contributed by atoms with Crippen molar-refractivity contribution in [3.63, 3.8) is 0 Å². The second kappa shape index (κ2) is 7.10. The summed E-state index contributed by atoms with van der Waals surface area (Å²) in [5, 5.41) is 7.89. The maximum atomic E-state index is 4.34. The van der Waals surface area contributed by atoms with Gasteiger partial charge in [0.15, 0.2) is 0 Å². The van der Waals surface area contributed by atoms with Gasteiger partial charge in [0.2, 0.25) is 0 Å². The van der Waals surface area contributed by atoms with Crippen LogP contribution in [-0.4, -0.2) is 15.8 Å². The molecule has 19 heavy (non-hydrogen) atoms. The van der Waals surface area contributed by atoms with Crippen LogP contribution in [0.15, 0.2) is 42.7 Å². The Hall–Kier alpha value is -1.61. The van der Waals surface area contributed by atoms with Gasteiger partial charge in [0.1, 0.15) is 0 Å². The molecule has 0 radical (unpaired) electrons. The highest BCUT2D eigenvalue weighted by atomic mass is 15.3. The number of nitrogens with one attached hydrogen (secondary N) is 1. The van der Waals surface area contributed by atoms with Crippen molar-refractivity contribution in [2.45, 2.75) is 45.8 Å². The molecule has 1 aromatic heterocycles. The Morgan fingerprint density at radius 1 is 1.21 bits per heavy atom.